The molecule has 0 aliphatic heterocycles. The minimum atomic E-state index is -1.17. The number of aromatic carboxylic acids is 1. The summed E-state index contributed by atoms with van der Waals surface area (Å²) in [6, 6.07) is 10.5. The number of benzene rings is 1. The van der Waals surface area contributed by atoms with Gasteiger partial charge in [0, 0.05) is 0 Å². The number of amides is 1. The summed E-state index contributed by atoms with van der Waals surface area (Å²) in [5.74, 6) is -1.17. The van der Waals surface area contributed by atoms with Crippen molar-refractivity contribution in [2.45, 2.75) is 6.61 Å². The van der Waals surface area contributed by atoms with Gasteiger partial charge in [-0.2, -0.15) is 0 Å². The second kappa shape index (κ2) is 6.85. The van der Waals surface area contributed by atoms with Gasteiger partial charge >= 0.3 is 12.1 Å². The second-order valence-electron chi connectivity index (χ2n) is 4.04. The fourth-order valence-electron chi connectivity index (χ4n) is 1.58. The third kappa shape index (κ3) is 4.28. The molecule has 108 valence electrons. The van der Waals surface area contributed by atoms with Gasteiger partial charge < -0.3 is 9.84 Å². The smallest absolute Gasteiger partial charge is 0.412 e. The van der Waals surface area contributed by atoms with Crippen LogP contribution in [-0.4, -0.2) is 22.2 Å². The largest absolute Gasteiger partial charge is 0.478 e. The minimum absolute atomic E-state index is 0.0729. The van der Waals surface area contributed by atoms with Gasteiger partial charge in [0.25, 0.3) is 0 Å². The van der Waals surface area contributed by atoms with Crippen molar-refractivity contribution in [2.75, 3.05) is 5.32 Å². The van der Waals surface area contributed by atoms with E-state index in [1.165, 1.54) is 12.3 Å². The van der Waals surface area contributed by atoms with Crippen molar-refractivity contribution in [1.82, 2.24) is 4.98 Å². The highest BCUT2D eigenvalue weighted by atomic mass is 79.9. The van der Waals surface area contributed by atoms with E-state index in [4.69, 9.17) is 9.84 Å². The molecule has 0 aliphatic carbocycles. The molecular weight excluding hydrogens is 340 g/mol. The number of nitrogens with one attached hydrogen (secondary N) is 1. The Balaban J connectivity index is 2.01. The number of pyridine rings is 1. The van der Waals surface area contributed by atoms with Gasteiger partial charge in [-0.1, -0.05) is 30.3 Å². The van der Waals surface area contributed by atoms with Crippen molar-refractivity contribution in [3.8, 4) is 0 Å². The van der Waals surface area contributed by atoms with Gasteiger partial charge in [0.05, 0.1) is 17.4 Å². The van der Waals surface area contributed by atoms with E-state index in [2.05, 4.69) is 26.2 Å². The summed E-state index contributed by atoms with van der Waals surface area (Å²) in [7, 11) is 0. The fourth-order valence-corrected chi connectivity index (χ4v) is 1.91. The zero-order valence-corrected chi connectivity index (χ0v) is 12.3. The number of halogens is 1. The molecular formula is C14H11BrN2O4. The summed E-state index contributed by atoms with van der Waals surface area (Å²) in [4.78, 5) is 26.7. The number of hydrogen-bond donors (Lipinski definition) is 2. The van der Waals surface area contributed by atoms with Gasteiger partial charge in [-0.3, -0.25) is 5.32 Å². The summed E-state index contributed by atoms with van der Waals surface area (Å²) >= 11 is 3.07. The molecule has 2 aromatic rings. The first kappa shape index (κ1) is 15.0. The Morgan fingerprint density at radius 3 is 2.67 bits per heavy atom. The summed E-state index contributed by atoms with van der Waals surface area (Å²) < 4.78 is 5.38. The van der Waals surface area contributed by atoms with Crippen molar-refractivity contribution < 1.29 is 19.4 Å². The van der Waals surface area contributed by atoms with Crippen LogP contribution in [0.5, 0.6) is 0 Å². The molecule has 0 radical (unpaired) electrons. The van der Waals surface area contributed by atoms with Gasteiger partial charge in [0.15, 0.2) is 0 Å². The molecule has 21 heavy (non-hydrogen) atoms. The maximum atomic E-state index is 11.7. The van der Waals surface area contributed by atoms with E-state index in [1.807, 2.05) is 30.3 Å². The van der Waals surface area contributed by atoms with E-state index in [0.717, 1.165) is 5.56 Å². The van der Waals surface area contributed by atoms with Crippen LogP contribution in [0, 0.1) is 0 Å². The van der Waals surface area contributed by atoms with Crippen molar-refractivity contribution >= 4 is 33.7 Å². The number of hydrogen-bond acceptors (Lipinski definition) is 4. The highest BCUT2D eigenvalue weighted by Crippen LogP contribution is 2.18. The highest BCUT2D eigenvalue weighted by molar-refractivity contribution is 9.10. The first-order chi connectivity index (χ1) is 10.1. The molecule has 1 aromatic heterocycles. The summed E-state index contributed by atoms with van der Waals surface area (Å²) in [5, 5.41) is 11.4. The number of carboxylic acids is 1. The number of anilines is 1. The van der Waals surface area contributed by atoms with Gasteiger partial charge in [-0.25, -0.2) is 14.6 Å². The average Bonchev–Trinajstić information content (AvgIpc) is 2.48. The zero-order chi connectivity index (χ0) is 15.2. The van der Waals surface area contributed by atoms with E-state index < -0.39 is 12.1 Å². The molecule has 0 saturated carbocycles. The molecule has 7 heteroatoms. The lowest BCUT2D eigenvalue weighted by Gasteiger charge is -2.09. The molecule has 0 bridgehead atoms. The Labute approximate surface area is 128 Å². The molecule has 1 amide bonds. The molecule has 1 aromatic carbocycles. The number of ether oxygens (including phenoxy) is 1. The van der Waals surface area contributed by atoms with Gasteiger partial charge in [0.1, 0.15) is 11.2 Å². The van der Waals surface area contributed by atoms with Crippen LogP contribution in [0.15, 0.2) is 47.2 Å². The average molecular weight is 351 g/mol. The fraction of sp³-hybridized carbons (Fsp3) is 0.0714. The number of aromatic nitrogens is 1. The summed E-state index contributed by atoms with van der Waals surface area (Å²) in [5.41, 5.74) is 0.831. The SMILES string of the molecule is O=C(Nc1cnc(Br)cc1C(=O)O)OCc1ccccc1. The predicted molar refractivity (Wildman–Crippen MR) is 79.1 cm³/mol. The van der Waals surface area contributed by atoms with E-state index in [-0.39, 0.29) is 17.9 Å². The van der Waals surface area contributed by atoms with Crippen LogP contribution in [0.1, 0.15) is 15.9 Å². The molecule has 0 unspecified atom stereocenters. The Morgan fingerprint density at radius 1 is 1.29 bits per heavy atom. The first-order valence-corrected chi connectivity index (χ1v) is 6.72. The number of carbonyl (C=O) groups excluding carboxylic acids is 1. The van der Waals surface area contributed by atoms with Crippen LogP contribution < -0.4 is 5.32 Å². The van der Waals surface area contributed by atoms with Crippen LogP contribution in [0.4, 0.5) is 10.5 Å². The van der Waals surface area contributed by atoms with Gasteiger partial charge in [-0.05, 0) is 27.6 Å². The number of rotatable bonds is 4. The van der Waals surface area contributed by atoms with Crippen LogP contribution in [0.2, 0.25) is 0 Å². The van der Waals surface area contributed by atoms with Crippen molar-refractivity contribution in [1.29, 1.82) is 0 Å². The van der Waals surface area contributed by atoms with E-state index >= 15 is 0 Å². The van der Waals surface area contributed by atoms with E-state index in [0.29, 0.717) is 4.60 Å². The Bertz CT molecular complexity index is 661. The van der Waals surface area contributed by atoms with E-state index in [9.17, 15) is 9.59 Å². The highest BCUT2D eigenvalue weighted by Gasteiger charge is 2.14. The summed E-state index contributed by atoms with van der Waals surface area (Å²) in [6.45, 7) is 0.0963. The van der Waals surface area contributed by atoms with Crippen LogP contribution in [-0.2, 0) is 11.3 Å². The van der Waals surface area contributed by atoms with E-state index in [1.54, 1.807) is 0 Å². The maximum Gasteiger partial charge on any atom is 0.412 e. The maximum absolute atomic E-state index is 11.7. The van der Waals surface area contributed by atoms with Crippen molar-refractivity contribution in [3.63, 3.8) is 0 Å². The van der Waals surface area contributed by atoms with Crippen LogP contribution in [0.25, 0.3) is 0 Å². The second-order valence-corrected chi connectivity index (χ2v) is 4.86. The lowest BCUT2D eigenvalue weighted by molar-refractivity contribution is 0.0698. The molecule has 1 heterocycles. The predicted octanol–water partition coefficient (Wildman–Crippen LogP) is 3.29. The monoisotopic (exact) mass is 350 g/mol. The van der Waals surface area contributed by atoms with Crippen molar-refractivity contribution in [2.24, 2.45) is 0 Å². The van der Waals surface area contributed by atoms with Crippen molar-refractivity contribution in [3.05, 3.63) is 58.3 Å². The lowest BCUT2D eigenvalue weighted by atomic mass is 10.2. The minimum Gasteiger partial charge on any atom is -0.478 e. The lowest BCUT2D eigenvalue weighted by Crippen LogP contribution is -2.16. The zero-order valence-electron chi connectivity index (χ0n) is 10.7. The standard InChI is InChI=1S/C14H11BrN2O4/c15-12-6-10(13(18)19)11(7-16-12)17-14(20)21-8-9-4-2-1-3-5-9/h1-7H,8H2,(H,17,20)(H,18,19). The number of nitrogens with zero attached hydrogens (tertiary/aromatic N) is 1. The first-order valence-electron chi connectivity index (χ1n) is 5.93. The molecule has 2 N–H and O–H groups in total. The number of carboxylic acid groups (broad SMARTS) is 1. The molecule has 0 fully saturated rings. The van der Waals surface area contributed by atoms with Crippen LogP contribution >= 0.6 is 15.9 Å². The Kier molecular flexibility index (Phi) is 4.89. The Hall–Kier alpha value is -2.41. The normalized spacial score (nSPS) is 9.95. The quantitative estimate of drug-likeness (QED) is 0.826. The van der Waals surface area contributed by atoms with Gasteiger partial charge in [0.2, 0.25) is 0 Å². The van der Waals surface area contributed by atoms with Crippen LogP contribution in [0.3, 0.4) is 0 Å². The third-order valence-corrected chi connectivity index (χ3v) is 2.98. The topological polar surface area (TPSA) is 88.5 Å². The molecule has 0 spiro atoms. The Morgan fingerprint density at radius 2 is 2.00 bits per heavy atom. The summed E-state index contributed by atoms with van der Waals surface area (Å²) in [6.07, 6.45) is 0.502. The molecule has 0 atom stereocenters. The molecule has 0 aliphatic rings. The molecule has 2 rings (SSSR count). The molecule has 6 nitrogen and oxygen atoms in total. The number of carbonyl (C=O) groups is 2. The molecule has 0 saturated heterocycles. The van der Waals surface area contributed by atoms with Gasteiger partial charge in [-0.15, -0.1) is 0 Å². The third-order valence-electron chi connectivity index (χ3n) is 2.55.